The van der Waals surface area contributed by atoms with Crippen molar-refractivity contribution in [1.29, 1.82) is 0 Å². The summed E-state index contributed by atoms with van der Waals surface area (Å²) in [5.74, 6) is 0. The molecule has 13 heteroatoms. The number of benzene rings is 2. The van der Waals surface area contributed by atoms with Gasteiger partial charge in [-0.15, -0.1) is 11.8 Å². The van der Waals surface area contributed by atoms with Crippen molar-refractivity contribution in [2.45, 2.75) is 49.5 Å². The lowest BCUT2D eigenvalue weighted by atomic mass is 9.98. The maximum atomic E-state index is 13.5. The van der Waals surface area contributed by atoms with E-state index < -0.39 is 23.5 Å². The number of nitrogens with zero attached hydrogens (tertiary/aromatic N) is 3. The zero-order valence-electron chi connectivity index (χ0n) is 20.2. The molecule has 0 unspecified atom stereocenters. The van der Waals surface area contributed by atoms with E-state index in [-0.39, 0.29) is 28.1 Å². The monoisotopic (exact) mass is 609 g/mol. The molecule has 0 N–H and O–H groups in total. The van der Waals surface area contributed by atoms with Crippen LogP contribution in [-0.4, -0.2) is 20.0 Å². The average Bonchev–Trinajstić information content (AvgIpc) is 3.33. The molecule has 0 aliphatic heterocycles. The predicted molar refractivity (Wildman–Crippen MR) is 141 cm³/mol. The lowest BCUT2D eigenvalue weighted by Gasteiger charge is -2.14. The third-order valence-corrected chi connectivity index (χ3v) is 8.45. The molecule has 2 aromatic heterocycles. The van der Waals surface area contributed by atoms with Crippen LogP contribution in [0.4, 0.5) is 26.3 Å². The second-order valence-electron chi connectivity index (χ2n) is 8.68. The van der Waals surface area contributed by atoms with Gasteiger partial charge in [0.15, 0.2) is 0 Å². The summed E-state index contributed by atoms with van der Waals surface area (Å²) in [6, 6.07) is 6.62. The standard InChI is InChI=1S/C25H19Cl2F6N3S2/c1-11(2)37-22-21(14-5-6-18(26)19(27)9-14)34-23(38-22)36-13(4)20(12(3)35-36)15-7-16(24(28,29)30)10-17(8-15)25(31,32)33/h5-11H,1-4H3. The van der Waals surface area contributed by atoms with Crippen molar-refractivity contribution in [2.24, 2.45) is 0 Å². The number of halogens is 8. The van der Waals surface area contributed by atoms with Crippen molar-refractivity contribution < 1.29 is 26.3 Å². The van der Waals surface area contributed by atoms with Gasteiger partial charge in [-0.05, 0) is 49.7 Å². The topological polar surface area (TPSA) is 30.7 Å². The van der Waals surface area contributed by atoms with E-state index in [1.807, 2.05) is 13.8 Å². The summed E-state index contributed by atoms with van der Waals surface area (Å²) in [4.78, 5) is 4.73. The first-order chi connectivity index (χ1) is 17.6. The fourth-order valence-electron chi connectivity index (χ4n) is 3.85. The molecule has 2 heterocycles. The van der Waals surface area contributed by atoms with Crippen molar-refractivity contribution in [3.8, 4) is 27.5 Å². The summed E-state index contributed by atoms with van der Waals surface area (Å²) in [6.07, 6.45) is -9.91. The van der Waals surface area contributed by atoms with E-state index in [9.17, 15) is 26.3 Å². The summed E-state index contributed by atoms with van der Waals surface area (Å²) in [6.45, 7) is 7.13. The van der Waals surface area contributed by atoms with Crippen LogP contribution in [0.1, 0.15) is 36.4 Å². The molecular weight excluding hydrogens is 591 g/mol. The van der Waals surface area contributed by atoms with Crippen LogP contribution in [-0.2, 0) is 12.4 Å². The minimum absolute atomic E-state index is 0.109. The van der Waals surface area contributed by atoms with E-state index in [2.05, 4.69) is 5.10 Å². The molecule has 4 aromatic rings. The fourth-order valence-corrected chi connectivity index (χ4v) is 6.67. The molecule has 0 radical (unpaired) electrons. The molecular formula is C25H19Cl2F6N3S2. The molecule has 0 saturated heterocycles. The highest BCUT2D eigenvalue weighted by atomic mass is 35.5. The lowest BCUT2D eigenvalue weighted by Crippen LogP contribution is -2.11. The molecule has 3 nitrogen and oxygen atoms in total. The van der Waals surface area contributed by atoms with Crippen LogP contribution in [0.3, 0.4) is 0 Å². The van der Waals surface area contributed by atoms with Crippen LogP contribution in [0.15, 0.2) is 40.6 Å². The molecule has 38 heavy (non-hydrogen) atoms. The average molecular weight is 610 g/mol. The Morgan fingerprint density at radius 2 is 1.47 bits per heavy atom. The third-order valence-electron chi connectivity index (χ3n) is 5.47. The van der Waals surface area contributed by atoms with Gasteiger partial charge >= 0.3 is 12.4 Å². The zero-order valence-corrected chi connectivity index (χ0v) is 23.4. The maximum Gasteiger partial charge on any atom is 0.416 e. The zero-order chi connectivity index (χ0) is 28.2. The predicted octanol–water partition coefficient (Wildman–Crippen LogP) is 10.1. The van der Waals surface area contributed by atoms with Crippen molar-refractivity contribution in [3.05, 3.63) is 69.0 Å². The number of hydrogen-bond acceptors (Lipinski definition) is 4. The van der Waals surface area contributed by atoms with Gasteiger partial charge in [0, 0.05) is 16.4 Å². The Balaban J connectivity index is 1.89. The van der Waals surface area contributed by atoms with Crippen LogP contribution < -0.4 is 0 Å². The number of rotatable bonds is 5. The second-order valence-corrected chi connectivity index (χ2v) is 12.3. The Kier molecular flexibility index (Phi) is 7.88. The molecule has 2 aromatic carbocycles. The Labute approximate surface area is 232 Å². The molecule has 0 aliphatic rings. The number of thioether (sulfide) groups is 1. The molecule has 0 atom stereocenters. The second kappa shape index (κ2) is 10.4. The Morgan fingerprint density at radius 3 is 2.00 bits per heavy atom. The molecule has 0 amide bonds. The highest BCUT2D eigenvalue weighted by Crippen LogP contribution is 2.43. The van der Waals surface area contributed by atoms with E-state index in [0.29, 0.717) is 44.3 Å². The summed E-state index contributed by atoms with van der Waals surface area (Å²) >= 11 is 15.1. The number of aromatic nitrogens is 3. The minimum atomic E-state index is -4.96. The fraction of sp³-hybridized carbons (Fsp3) is 0.280. The van der Waals surface area contributed by atoms with Crippen molar-refractivity contribution in [2.75, 3.05) is 0 Å². The van der Waals surface area contributed by atoms with Crippen LogP contribution in [0.25, 0.3) is 27.5 Å². The van der Waals surface area contributed by atoms with E-state index in [1.54, 1.807) is 36.9 Å². The van der Waals surface area contributed by atoms with E-state index in [0.717, 1.165) is 4.21 Å². The third kappa shape index (κ3) is 5.85. The molecule has 4 rings (SSSR count). The van der Waals surface area contributed by atoms with E-state index in [1.165, 1.54) is 22.9 Å². The van der Waals surface area contributed by atoms with Gasteiger partial charge in [-0.3, -0.25) is 0 Å². The van der Waals surface area contributed by atoms with Gasteiger partial charge in [-0.1, -0.05) is 54.5 Å². The Bertz CT molecular complexity index is 1470. The SMILES string of the molecule is Cc1nn(-c2nc(-c3ccc(Cl)c(Cl)c3)c(SC(C)C)s2)c(C)c1-c1cc(C(F)(F)F)cc(C(F)(F)F)c1. The van der Waals surface area contributed by atoms with Crippen LogP contribution in [0, 0.1) is 13.8 Å². The van der Waals surface area contributed by atoms with Crippen molar-refractivity contribution in [3.63, 3.8) is 0 Å². The Morgan fingerprint density at radius 1 is 0.868 bits per heavy atom. The summed E-state index contributed by atoms with van der Waals surface area (Å²) in [5.41, 5.74) is -0.891. The summed E-state index contributed by atoms with van der Waals surface area (Å²) in [5, 5.41) is 5.78. The van der Waals surface area contributed by atoms with Gasteiger partial charge < -0.3 is 0 Å². The molecule has 0 bridgehead atoms. The quantitative estimate of drug-likeness (QED) is 0.166. The number of aryl methyl sites for hydroxylation is 1. The van der Waals surface area contributed by atoms with E-state index in [4.69, 9.17) is 28.2 Å². The summed E-state index contributed by atoms with van der Waals surface area (Å²) < 4.78 is 83.1. The molecule has 0 aliphatic carbocycles. The van der Waals surface area contributed by atoms with E-state index >= 15 is 0 Å². The first kappa shape index (κ1) is 28.8. The van der Waals surface area contributed by atoms with Gasteiger partial charge in [0.2, 0.25) is 5.13 Å². The minimum Gasteiger partial charge on any atom is -0.217 e. The normalized spacial score (nSPS) is 12.6. The molecule has 0 fully saturated rings. The number of thiazole rings is 1. The molecule has 0 saturated carbocycles. The van der Waals surface area contributed by atoms with Crippen molar-refractivity contribution in [1.82, 2.24) is 14.8 Å². The lowest BCUT2D eigenvalue weighted by molar-refractivity contribution is -0.143. The smallest absolute Gasteiger partial charge is 0.217 e. The van der Waals surface area contributed by atoms with Gasteiger partial charge in [0.05, 0.1) is 42.5 Å². The highest BCUT2D eigenvalue weighted by Gasteiger charge is 2.37. The van der Waals surface area contributed by atoms with Gasteiger partial charge in [0.25, 0.3) is 0 Å². The van der Waals surface area contributed by atoms with Gasteiger partial charge in [-0.25, -0.2) is 9.67 Å². The first-order valence-electron chi connectivity index (χ1n) is 11.1. The largest absolute Gasteiger partial charge is 0.416 e. The van der Waals surface area contributed by atoms with Crippen LogP contribution in [0.5, 0.6) is 0 Å². The molecule has 0 spiro atoms. The Hall–Kier alpha value is -2.21. The number of hydrogen-bond donors (Lipinski definition) is 0. The molecule has 202 valence electrons. The highest BCUT2D eigenvalue weighted by molar-refractivity contribution is 8.01. The van der Waals surface area contributed by atoms with Crippen molar-refractivity contribution >= 4 is 46.3 Å². The summed E-state index contributed by atoms with van der Waals surface area (Å²) in [7, 11) is 0. The van der Waals surface area contributed by atoms with Crippen LogP contribution >= 0.6 is 46.3 Å². The first-order valence-corrected chi connectivity index (χ1v) is 13.5. The van der Waals surface area contributed by atoms with Gasteiger partial charge in [-0.2, -0.15) is 31.4 Å². The van der Waals surface area contributed by atoms with Gasteiger partial charge in [0.1, 0.15) is 0 Å². The maximum absolute atomic E-state index is 13.5. The number of alkyl halides is 6. The van der Waals surface area contributed by atoms with Crippen LogP contribution in [0.2, 0.25) is 10.0 Å².